The molecular formula is C21H19N3O10. The van der Waals surface area contributed by atoms with Crippen molar-refractivity contribution >= 4 is 35.6 Å². The van der Waals surface area contributed by atoms with E-state index in [-0.39, 0.29) is 47.4 Å². The molecule has 2 heterocycles. The van der Waals surface area contributed by atoms with E-state index in [2.05, 4.69) is 10.1 Å². The first-order valence-corrected chi connectivity index (χ1v) is 9.79. The Bertz CT molecular complexity index is 1210. The highest BCUT2D eigenvalue weighted by molar-refractivity contribution is 6.13. The van der Waals surface area contributed by atoms with Gasteiger partial charge in [-0.15, -0.1) is 0 Å². The van der Waals surface area contributed by atoms with Gasteiger partial charge in [-0.1, -0.05) is 0 Å². The summed E-state index contributed by atoms with van der Waals surface area (Å²) in [4.78, 5) is 59.6. The van der Waals surface area contributed by atoms with Crippen molar-refractivity contribution in [3.63, 3.8) is 0 Å². The number of imide groups is 1. The van der Waals surface area contributed by atoms with Crippen LogP contribution < -0.4 is 14.8 Å². The summed E-state index contributed by atoms with van der Waals surface area (Å²) >= 11 is 0. The third-order valence-electron chi connectivity index (χ3n) is 4.44. The van der Waals surface area contributed by atoms with Crippen molar-refractivity contribution in [2.45, 2.75) is 20.4 Å². The SMILES string of the molecule is CCOc1cc(C=C2NC(=O)N(Cc3ccc(C(=O)OC)o3)C2=O)cc([N+](=O)[O-])c1OC(C)=O. The van der Waals surface area contributed by atoms with E-state index < -0.39 is 34.5 Å². The zero-order valence-electron chi connectivity index (χ0n) is 18.3. The molecule has 1 N–H and O–H groups in total. The number of ether oxygens (including phenoxy) is 3. The van der Waals surface area contributed by atoms with Crippen LogP contribution in [0.1, 0.15) is 35.7 Å². The van der Waals surface area contributed by atoms with E-state index in [1.807, 2.05) is 0 Å². The van der Waals surface area contributed by atoms with Crippen LogP contribution in [0.5, 0.6) is 11.5 Å². The van der Waals surface area contributed by atoms with Crippen LogP contribution in [0.25, 0.3) is 6.08 Å². The first-order valence-electron chi connectivity index (χ1n) is 9.79. The van der Waals surface area contributed by atoms with Crippen LogP contribution in [0.3, 0.4) is 0 Å². The molecule has 1 aliphatic heterocycles. The van der Waals surface area contributed by atoms with Crippen molar-refractivity contribution in [1.82, 2.24) is 10.2 Å². The maximum atomic E-state index is 12.8. The van der Waals surface area contributed by atoms with Crippen molar-refractivity contribution in [3.8, 4) is 11.5 Å². The maximum absolute atomic E-state index is 12.8. The average molecular weight is 473 g/mol. The Hall–Kier alpha value is -4.68. The number of nitro benzene ring substituents is 1. The predicted octanol–water partition coefficient (Wildman–Crippen LogP) is 2.39. The molecule has 13 heteroatoms. The van der Waals surface area contributed by atoms with E-state index in [0.29, 0.717) is 0 Å². The van der Waals surface area contributed by atoms with E-state index >= 15 is 0 Å². The van der Waals surface area contributed by atoms with Gasteiger partial charge >= 0.3 is 23.7 Å². The number of urea groups is 1. The number of hydrogen-bond acceptors (Lipinski definition) is 10. The van der Waals surface area contributed by atoms with Crippen LogP contribution in [-0.2, 0) is 20.9 Å². The van der Waals surface area contributed by atoms with E-state index in [4.69, 9.17) is 13.9 Å². The lowest BCUT2D eigenvalue weighted by Gasteiger charge is -2.11. The van der Waals surface area contributed by atoms with Gasteiger partial charge in [0.25, 0.3) is 5.91 Å². The Labute approximate surface area is 192 Å². The number of carbonyl (C=O) groups is 4. The Balaban J connectivity index is 1.91. The number of nitrogens with one attached hydrogen (secondary N) is 1. The molecule has 0 aliphatic carbocycles. The third-order valence-corrected chi connectivity index (χ3v) is 4.44. The van der Waals surface area contributed by atoms with Crippen molar-refractivity contribution in [3.05, 3.63) is 57.2 Å². The lowest BCUT2D eigenvalue weighted by molar-refractivity contribution is -0.385. The number of furan rings is 1. The smallest absolute Gasteiger partial charge is 0.373 e. The predicted molar refractivity (Wildman–Crippen MR) is 113 cm³/mol. The number of carbonyl (C=O) groups excluding carboxylic acids is 4. The molecule has 1 saturated heterocycles. The van der Waals surface area contributed by atoms with Crippen LogP contribution in [0.4, 0.5) is 10.5 Å². The van der Waals surface area contributed by atoms with Crippen LogP contribution >= 0.6 is 0 Å². The van der Waals surface area contributed by atoms with E-state index in [0.717, 1.165) is 17.9 Å². The fourth-order valence-electron chi connectivity index (χ4n) is 3.05. The lowest BCUT2D eigenvalue weighted by atomic mass is 10.1. The number of hydrogen-bond donors (Lipinski definition) is 1. The Morgan fingerprint density at radius 3 is 2.62 bits per heavy atom. The van der Waals surface area contributed by atoms with E-state index in [1.165, 1.54) is 31.4 Å². The molecule has 3 rings (SSSR count). The largest absolute Gasteiger partial charge is 0.490 e. The van der Waals surface area contributed by atoms with Gasteiger partial charge in [0, 0.05) is 13.0 Å². The highest BCUT2D eigenvalue weighted by atomic mass is 16.6. The fourth-order valence-corrected chi connectivity index (χ4v) is 3.05. The highest BCUT2D eigenvalue weighted by Gasteiger charge is 2.35. The molecule has 0 saturated carbocycles. The summed E-state index contributed by atoms with van der Waals surface area (Å²) in [6, 6.07) is 4.41. The summed E-state index contributed by atoms with van der Waals surface area (Å²) in [6.45, 7) is 2.57. The lowest BCUT2D eigenvalue weighted by Crippen LogP contribution is -2.30. The average Bonchev–Trinajstić information content (AvgIpc) is 3.35. The van der Waals surface area contributed by atoms with Gasteiger partial charge in [-0.2, -0.15) is 0 Å². The zero-order chi connectivity index (χ0) is 25.0. The van der Waals surface area contributed by atoms with Crippen LogP contribution in [0, 0.1) is 10.1 Å². The first kappa shape index (κ1) is 24.0. The molecule has 34 heavy (non-hydrogen) atoms. The molecule has 0 unspecified atom stereocenters. The number of nitrogens with zero attached hydrogens (tertiary/aromatic N) is 2. The molecule has 1 fully saturated rings. The first-order chi connectivity index (χ1) is 16.1. The molecule has 3 amide bonds. The molecule has 1 aliphatic rings. The second-order valence-electron chi connectivity index (χ2n) is 6.79. The molecule has 2 aromatic rings. The molecule has 0 spiro atoms. The molecule has 0 atom stereocenters. The Morgan fingerprint density at radius 2 is 2.00 bits per heavy atom. The van der Waals surface area contributed by atoms with Gasteiger partial charge in [0.15, 0.2) is 5.75 Å². The van der Waals surface area contributed by atoms with Gasteiger partial charge in [-0.25, -0.2) is 9.59 Å². The molecule has 0 bridgehead atoms. The van der Waals surface area contributed by atoms with Crippen molar-refractivity contribution in [2.75, 3.05) is 13.7 Å². The fraction of sp³-hybridized carbons (Fsp3) is 0.238. The van der Waals surface area contributed by atoms with Gasteiger partial charge in [-0.05, 0) is 36.8 Å². The third kappa shape index (κ3) is 5.03. The van der Waals surface area contributed by atoms with Crippen molar-refractivity contribution < 1.29 is 42.7 Å². The second-order valence-corrected chi connectivity index (χ2v) is 6.79. The second kappa shape index (κ2) is 9.85. The van der Waals surface area contributed by atoms with Gasteiger partial charge < -0.3 is 23.9 Å². The van der Waals surface area contributed by atoms with E-state index in [9.17, 15) is 29.3 Å². The molecule has 0 radical (unpaired) electrons. The minimum Gasteiger partial charge on any atom is -0.490 e. The van der Waals surface area contributed by atoms with Crippen molar-refractivity contribution in [1.29, 1.82) is 0 Å². The summed E-state index contributed by atoms with van der Waals surface area (Å²) < 4.78 is 20.1. The monoisotopic (exact) mass is 473 g/mol. The number of amides is 3. The standard InChI is InChI=1S/C21H19N3O10/c1-4-32-17-9-12(8-15(24(29)30)18(17)33-11(2)25)7-14-19(26)23(21(28)22-14)10-13-5-6-16(34-13)20(27)31-3/h5-9H,4,10H2,1-3H3,(H,22,28). The van der Waals surface area contributed by atoms with Crippen molar-refractivity contribution in [2.24, 2.45) is 0 Å². The van der Waals surface area contributed by atoms with Gasteiger partial charge in [0.1, 0.15) is 11.5 Å². The summed E-state index contributed by atoms with van der Waals surface area (Å²) in [6.07, 6.45) is 1.22. The number of rotatable bonds is 8. The van der Waals surface area contributed by atoms with Gasteiger partial charge in [0.05, 0.1) is 25.2 Å². The minimum absolute atomic E-state index is 0.0849. The molecular weight excluding hydrogens is 454 g/mol. The molecule has 1 aromatic carbocycles. The normalized spacial score (nSPS) is 14.2. The van der Waals surface area contributed by atoms with E-state index in [1.54, 1.807) is 6.92 Å². The number of nitro groups is 1. The number of methoxy groups -OCH3 is 1. The molecule has 1 aromatic heterocycles. The maximum Gasteiger partial charge on any atom is 0.373 e. The topological polar surface area (TPSA) is 168 Å². The summed E-state index contributed by atoms with van der Waals surface area (Å²) in [5.41, 5.74) is -0.586. The molecule has 13 nitrogen and oxygen atoms in total. The quantitative estimate of drug-likeness (QED) is 0.150. The minimum atomic E-state index is -0.780. The van der Waals surface area contributed by atoms with Crippen LogP contribution in [0.15, 0.2) is 34.4 Å². The van der Waals surface area contributed by atoms with Crippen LogP contribution in [0.2, 0.25) is 0 Å². The van der Waals surface area contributed by atoms with Gasteiger partial charge in [0.2, 0.25) is 11.5 Å². The summed E-state index contributed by atoms with van der Waals surface area (Å²) in [5.74, 6) is -2.62. The Morgan fingerprint density at radius 1 is 1.26 bits per heavy atom. The van der Waals surface area contributed by atoms with Gasteiger partial charge in [-0.3, -0.25) is 24.6 Å². The van der Waals surface area contributed by atoms with Crippen LogP contribution in [-0.4, -0.2) is 47.4 Å². The number of esters is 2. The zero-order valence-corrected chi connectivity index (χ0v) is 18.3. The summed E-state index contributed by atoms with van der Waals surface area (Å²) in [5, 5.41) is 13.9. The summed E-state index contributed by atoms with van der Waals surface area (Å²) in [7, 11) is 1.18. The Kier molecular flexibility index (Phi) is 6.95. The molecule has 178 valence electrons. The number of benzene rings is 1. The highest BCUT2D eigenvalue weighted by Crippen LogP contribution is 2.39.